The molecular weight excluding hydrogens is 368 g/mol. The van der Waals surface area contributed by atoms with Gasteiger partial charge in [-0.15, -0.1) is 0 Å². The molecule has 0 aliphatic rings. The van der Waals surface area contributed by atoms with Crippen LogP contribution in [0, 0.1) is 0 Å². The monoisotopic (exact) mass is 388 g/mol. The average molecular weight is 389 g/mol. The van der Waals surface area contributed by atoms with Crippen molar-refractivity contribution in [2.24, 2.45) is 0 Å². The molecule has 126 valence electrons. The Balaban J connectivity index is 1.94. The minimum atomic E-state index is -0.875. The second kappa shape index (κ2) is 8.64. The standard InChI is InChI=1S/C19H21BrN2O2/c1-21(13-15-9-5-3-6-10-15)18(23)17(20)19(24)22(2)14-16-11-7-4-8-12-16/h3-12,17H,13-14H2,1-2H3. The largest absolute Gasteiger partial charge is 0.340 e. The number of alkyl halides is 1. The number of amides is 2. The first-order valence-electron chi connectivity index (χ1n) is 7.71. The molecule has 5 heteroatoms. The summed E-state index contributed by atoms with van der Waals surface area (Å²) in [5.41, 5.74) is 2.05. The van der Waals surface area contributed by atoms with Gasteiger partial charge in [0.05, 0.1) is 0 Å². The van der Waals surface area contributed by atoms with Crippen LogP contribution in [0.5, 0.6) is 0 Å². The van der Waals surface area contributed by atoms with Crippen LogP contribution in [-0.2, 0) is 22.7 Å². The fourth-order valence-corrected chi connectivity index (χ4v) is 3.06. The third-order valence-corrected chi connectivity index (χ3v) is 4.49. The molecule has 2 aromatic carbocycles. The molecule has 0 atom stereocenters. The van der Waals surface area contributed by atoms with Crippen molar-refractivity contribution in [3.05, 3.63) is 71.8 Å². The quantitative estimate of drug-likeness (QED) is 0.563. The van der Waals surface area contributed by atoms with Crippen molar-refractivity contribution in [2.75, 3.05) is 14.1 Å². The van der Waals surface area contributed by atoms with Gasteiger partial charge in [-0.25, -0.2) is 0 Å². The van der Waals surface area contributed by atoms with Gasteiger partial charge in [-0.05, 0) is 11.1 Å². The predicted octanol–water partition coefficient (Wildman–Crippen LogP) is 3.07. The third kappa shape index (κ3) is 4.93. The number of hydrogen-bond donors (Lipinski definition) is 0. The lowest BCUT2D eigenvalue weighted by atomic mass is 10.2. The summed E-state index contributed by atoms with van der Waals surface area (Å²) in [6.07, 6.45) is 0. The van der Waals surface area contributed by atoms with Crippen molar-refractivity contribution in [3.63, 3.8) is 0 Å². The van der Waals surface area contributed by atoms with Crippen LogP contribution in [0.2, 0.25) is 0 Å². The molecule has 0 unspecified atom stereocenters. The van der Waals surface area contributed by atoms with Crippen LogP contribution in [0.3, 0.4) is 0 Å². The van der Waals surface area contributed by atoms with Gasteiger partial charge in [0, 0.05) is 27.2 Å². The summed E-state index contributed by atoms with van der Waals surface area (Å²) in [5.74, 6) is -0.493. The lowest BCUT2D eigenvalue weighted by Crippen LogP contribution is -2.43. The van der Waals surface area contributed by atoms with E-state index < -0.39 is 4.83 Å². The number of nitrogens with zero attached hydrogens (tertiary/aromatic N) is 2. The van der Waals surface area contributed by atoms with Crippen LogP contribution in [-0.4, -0.2) is 40.5 Å². The average Bonchev–Trinajstić information content (AvgIpc) is 2.61. The van der Waals surface area contributed by atoms with E-state index in [2.05, 4.69) is 15.9 Å². The van der Waals surface area contributed by atoms with E-state index in [1.165, 1.54) is 0 Å². The SMILES string of the molecule is CN(Cc1ccccc1)C(=O)C(Br)C(=O)N(C)Cc1ccccc1. The van der Waals surface area contributed by atoms with E-state index >= 15 is 0 Å². The third-order valence-electron chi connectivity index (χ3n) is 3.71. The molecule has 0 aliphatic carbocycles. The summed E-state index contributed by atoms with van der Waals surface area (Å²) < 4.78 is 0. The minimum absolute atomic E-state index is 0.247. The molecule has 0 radical (unpaired) electrons. The van der Waals surface area contributed by atoms with Crippen molar-refractivity contribution >= 4 is 27.7 Å². The number of halogens is 1. The number of rotatable bonds is 6. The summed E-state index contributed by atoms with van der Waals surface area (Å²) in [7, 11) is 3.40. The second-order valence-electron chi connectivity index (χ2n) is 5.72. The summed E-state index contributed by atoms with van der Waals surface area (Å²) >= 11 is 3.25. The van der Waals surface area contributed by atoms with Crippen molar-refractivity contribution in [1.82, 2.24) is 9.80 Å². The highest BCUT2D eigenvalue weighted by atomic mass is 79.9. The van der Waals surface area contributed by atoms with E-state index in [4.69, 9.17) is 0 Å². The molecule has 24 heavy (non-hydrogen) atoms. The molecule has 0 spiro atoms. The van der Waals surface area contributed by atoms with Gasteiger partial charge in [0.2, 0.25) is 11.8 Å². The second-order valence-corrected chi connectivity index (χ2v) is 6.64. The maximum atomic E-state index is 12.5. The molecule has 0 aliphatic heterocycles. The van der Waals surface area contributed by atoms with Crippen molar-refractivity contribution in [2.45, 2.75) is 17.9 Å². The molecule has 2 amide bonds. The van der Waals surface area contributed by atoms with Crippen molar-refractivity contribution < 1.29 is 9.59 Å². The number of benzene rings is 2. The topological polar surface area (TPSA) is 40.6 Å². The zero-order chi connectivity index (χ0) is 17.5. The number of carbonyl (C=O) groups excluding carboxylic acids is 2. The number of hydrogen-bond acceptors (Lipinski definition) is 2. The molecule has 2 aromatic rings. The minimum Gasteiger partial charge on any atom is -0.340 e. The van der Waals surface area contributed by atoms with Gasteiger partial charge >= 0.3 is 0 Å². The highest BCUT2D eigenvalue weighted by Crippen LogP contribution is 2.13. The molecule has 0 aromatic heterocycles. The van der Waals surface area contributed by atoms with Gasteiger partial charge in [-0.1, -0.05) is 76.6 Å². The van der Waals surface area contributed by atoms with Gasteiger partial charge in [0.25, 0.3) is 0 Å². The Kier molecular flexibility index (Phi) is 6.55. The molecule has 0 bridgehead atoms. The van der Waals surface area contributed by atoms with Gasteiger partial charge in [-0.3, -0.25) is 9.59 Å². The maximum absolute atomic E-state index is 12.5. The van der Waals surface area contributed by atoms with Crippen LogP contribution in [0.25, 0.3) is 0 Å². The van der Waals surface area contributed by atoms with E-state index in [1.807, 2.05) is 60.7 Å². The molecule has 0 fully saturated rings. The van der Waals surface area contributed by atoms with Crippen LogP contribution in [0.4, 0.5) is 0 Å². The molecule has 0 saturated carbocycles. The predicted molar refractivity (Wildman–Crippen MR) is 98.5 cm³/mol. The Hall–Kier alpha value is -2.14. The number of carbonyl (C=O) groups is 2. The lowest BCUT2D eigenvalue weighted by Gasteiger charge is -2.24. The maximum Gasteiger partial charge on any atom is 0.246 e. The molecular formula is C19H21BrN2O2. The summed E-state index contributed by atoms with van der Waals surface area (Å²) in [6, 6.07) is 19.4. The Morgan fingerprint density at radius 2 is 1.12 bits per heavy atom. The van der Waals surface area contributed by atoms with Crippen molar-refractivity contribution in [1.29, 1.82) is 0 Å². The Morgan fingerprint density at radius 3 is 1.46 bits per heavy atom. The van der Waals surface area contributed by atoms with Crippen LogP contribution in [0.1, 0.15) is 11.1 Å². The van der Waals surface area contributed by atoms with Crippen LogP contribution < -0.4 is 0 Å². The lowest BCUT2D eigenvalue weighted by molar-refractivity contribution is -0.138. The molecule has 2 rings (SSSR count). The first-order valence-corrected chi connectivity index (χ1v) is 8.62. The Morgan fingerprint density at radius 1 is 0.792 bits per heavy atom. The van der Waals surface area contributed by atoms with E-state index in [0.29, 0.717) is 13.1 Å². The first-order chi connectivity index (χ1) is 11.5. The smallest absolute Gasteiger partial charge is 0.246 e. The Labute approximate surface area is 151 Å². The van der Waals surface area contributed by atoms with Gasteiger partial charge < -0.3 is 9.80 Å². The zero-order valence-electron chi connectivity index (χ0n) is 13.9. The Bertz CT molecular complexity index is 617. The van der Waals surface area contributed by atoms with Gasteiger partial charge in [0.1, 0.15) is 0 Å². The molecule has 4 nitrogen and oxygen atoms in total. The first kappa shape index (κ1) is 18.2. The molecule has 0 heterocycles. The fraction of sp³-hybridized carbons (Fsp3) is 0.263. The van der Waals surface area contributed by atoms with Crippen LogP contribution >= 0.6 is 15.9 Å². The summed E-state index contributed by atoms with van der Waals surface area (Å²) in [6.45, 7) is 0.939. The summed E-state index contributed by atoms with van der Waals surface area (Å²) in [5, 5.41) is 0. The fourth-order valence-electron chi connectivity index (χ4n) is 2.36. The van der Waals surface area contributed by atoms with Gasteiger partial charge in [0.15, 0.2) is 4.83 Å². The van der Waals surface area contributed by atoms with E-state index in [0.717, 1.165) is 11.1 Å². The normalized spacial score (nSPS) is 10.5. The summed E-state index contributed by atoms with van der Waals surface area (Å²) in [4.78, 5) is 27.2. The van der Waals surface area contributed by atoms with Gasteiger partial charge in [-0.2, -0.15) is 0 Å². The van der Waals surface area contributed by atoms with E-state index in [-0.39, 0.29) is 11.8 Å². The highest BCUT2D eigenvalue weighted by Gasteiger charge is 2.29. The van der Waals surface area contributed by atoms with Crippen LogP contribution in [0.15, 0.2) is 60.7 Å². The molecule has 0 saturated heterocycles. The van der Waals surface area contributed by atoms with E-state index in [1.54, 1.807) is 23.9 Å². The van der Waals surface area contributed by atoms with Crippen molar-refractivity contribution in [3.8, 4) is 0 Å². The highest BCUT2D eigenvalue weighted by molar-refractivity contribution is 9.10. The molecule has 0 N–H and O–H groups in total. The zero-order valence-corrected chi connectivity index (χ0v) is 15.4. The van der Waals surface area contributed by atoms with E-state index in [9.17, 15) is 9.59 Å².